The number of carbonyl (C=O) groups excluding carboxylic acids is 2. The SMILES string of the molecule is C=CCCN1C(=O)N(c2cc(OC)cc(OC)c2)Cc2cnc(Nc3ccccc3NC(=O)C=C)nc21. The predicted molar refractivity (Wildman–Crippen MR) is 144 cm³/mol. The fourth-order valence-corrected chi connectivity index (χ4v) is 3.85. The van der Waals surface area contributed by atoms with Crippen LogP contribution in [0.2, 0.25) is 0 Å². The number of ether oxygens (including phenoxy) is 2. The lowest BCUT2D eigenvalue weighted by Crippen LogP contribution is -2.48. The zero-order chi connectivity index (χ0) is 26.4. The van der Waals surface area contributed by atoms with Crippen LogP contribution in [0, 0.1) is 0 Å². The minimum atomic E-state index is -0.337. The molecular formula is C27H28N6O4. The Morgan fingerprint density at radius 2 is 1.81 bits per heavy atom. The third-order valence-electron chi connectivity index (χ3n) is 5.71. The number of nitrogens with one attached hydrogen (secondary N) is 2. The van der Waals surface area contributed by atoms with Crippen molar-refractivity contribution in [2.75, 3.05) is 41.2 Å². The van der Waals surface area contributed by atoms with Crippen molar-refractivity contribution in [3.05, 3.63) is 79.5 Å². The third-order valence-corrected chi connectivity index (χ3v) is 5.71. The van der Waals surface area contributed by atoms with E-state index in [1.807, 2.05) is 6.07 Å². The summed E-state index contributed by atoms with van der Waals surface area (Å²) in [5.74, 6) is 1.60. The summed E-state index contributed by atoms with van der Waals surface area (Å²) in [4.78, 5) is 37.9. The van der Waals surface area contributed by atoms with Gasteiger partial charge >= 0.3 is 6.03 Å². The van der Waals surface area contributed by atoms with Crippen LogP contribution in [-0.4, -0.2) is 42.7 Å². The maximum Gasteiger partial charge on any atom is 0.330 e. The lowest BCUT2D eigenvalue weighted by atomic mass is 10.1. The van der Waals surface area contributed by atoms with Crippen LogP contribution in [0.1, 0.15) is 12.0 Å². The number of nitrogens with zero attached hydrogens (tertiary/aromatic N) is 4. The fraction of sp³-hybridized carbons (Fsp3) is 0.185. The largest absolute Gasteiger partial charge is 0.497 e. The first-order chi connectivity index (χ1) is 18.0. The van der Waals surface area contributed by atoms with Gasteiger partial charge in [-0.15, -0.1) is 6.58 Å². The topological polar surface area (TPSA) is 109 Å². The Labute approximate surface area is 215 Å². The van der Waals surface area contributed by atoms with Crippen molar-refractivity contribution in [2.24, 2.45) is 0 Å². The predicted octanol–water partition coefficient (Wildman–Crippen LogP) is 4.88. The van der Waals surface area contributed by atoms with Gasteiger partial charge in [-0.1, -0.05) is 24.8 Å². The maximum absolute atomic E-state index is 13.7. The van der Waals surface area contributed by atoms with E-state index in [-0.39, 0.29) is 24.4 Å². The summed E-state index contributed by atoms with van der Waals surface area (Å²) in [6, 6.07) is 12.2. The molecule has 1 aromatic heterocycles. The van der Waals surface area contributed by atoms with Crippen LogP contribution in [-0.2, 0) is 11.3 Å². The number of aromatic nitrogens is 2. The Morgan fingerprint density at radius 3 is 2.46 bits per heavy atom. The molecule has 2 N–H and O–H groups in total. The number of rotatable bonds is 10. The summed E-state index contributed by atoms with van der Waals surface area (Å²) in [6.45, 7) is 7.93. The van der Waals surface area contributed by atoms with E-state index in [0.29, 0.717) is 47.3 Å². The second-order valence-electron chi connectivity index (χ2n) is 8.07. The van der Waals surface area contributed by atoms with E-state index < -0.39 is 0 Å². The standard InChI is InChI=1S/C27H28N6O4/c1-5-7-12-32-25-18(17-33(27(32)35)19-13-20(36-3)15-21(14-19)37-4)16-28-26(31-25)30-23-11-9-8-10-22(23)29-24(34)6-2/h5-6,8-11,13-16H,1-2,7,12,17H2,3-4H3,(H,29,34)(H,28,30,31). The molecule has 2 heterocycles. The lowest BCUT2D eigenvalue weighted by Gasteiger charge is -2.36. The highest BCUT2D eigenvalue weighted by Crippen LogP contribution is 2.35. The van der Waals surface area contributed by atoms with Crippen molar-refractivity contribution < 1.29 is 19.1 Å². The molecule has 0 aliphatic carbocycles. The minimum Gasteiger partial charge on any atom is -0.497 e. The van der Waals surface area contributed by atoms with Gasteiger partial charge in [-0.3, -0.25) is 14.6 Å². The van der Waals surface area contributed by atoms with Crippen molar-refractivity contribution in [3.63, 3.8) is 0 Å². The molecule has 10 heteroatoms. The van der Waals surface area contributed by atoms with E-state index in [2.05, 4.69) is 33.8 Å². The molecule has 0 saturated heterocycles. The second-order valence-corrected chi connectivity index (χ2v) is 8.07. The molecule has 10 nitrogen and oxygen atoms in total. The summed E-state index contributed by atoms with van der Waals surface area (Å²) in [5, 5.41) is 5.89. The summed E-state index contributed by atoms with van der Waals surface area (Å²) >= 11 is 0. The van der Waals surface area contributed by atoms with Gasteiger partial charge in [0.15, 0.2) is 0 Å². The number of urea groups is 1. The van der Waals surface area contributed by atoms with Gasteiger partial charge in [0.1, 0.15) is 17.3 Å². The van der Waals surface area contributed by atoms with Crippen molar-refractivity contribution in [2.45, 2.75) is 13.0 Å². The van der Waals surface area contributed by atoms with Crippen LogP contribution in [0.25, 0.3) is 0 Å². The zero-order valence-electron chi connectivity index (χ0n) is 20.7. The van der Waals surface area contributed by atoms with Crippen LogP contribution in [0.4, 0.5) is 33.6 Å². The summed E-state index contributed by atoms with van der Waals surface area (Å²) < 4.78 is 10.8. The quantitative estimate of drug-likeness (QED) is 0.301. The normalized spacial score (nSPS) is 12.4. The lowest BCUT2D eigenvalue weighted by molar-refractivity contribution is -0.111. The van der Waals surface area contributed by atoms with Gasteiger partial charge in [-0.05, 0) is 24.6 Å². The maximum atomic E-state index is 13.7. The molecule has 3 amide bonds. The van der Waals surface area contributed by atoms with Crippen LogP contribution in [0.3, 0.4) is 0 Å². The van der Waals surface area contributed by atoms with Crippen LogP contribution in [0.5, 0.6) is 11.5 Å². The van der Waals surface area contributed by atoms with Crippen LogP contribution >= 0.6 is 0 Å². The van der Waals surface area contributed by atoms with E-state index in [9.17, 15) is 9.59 Å². The first-order valence-electron chi connectivity index (χ1n) is 11.6. The molecule has 0 bridgehead atoms. The molecule has 4 rings (SSSR count). The highest BCUT2D eigenvalue weighted by atomic mass is 16.5. The molecule has 1 aliphatic rings. The third kappa shape index (κ3) is 5.53. The number of hydrogen-bond acceptors (Lipinski definition) is 7. The first-order valence-corrected chi connectivity index (χ1v) is 11.6. The van der Waals surface area contributed by atoms with Crippen molar-refractivity contribution in [1.82, 2.24) is 9.97 Å². The van der Waals surface area contributed by atoms with Crippen LogP contribution in [0.15, 0.2) is 74.0 Å². The first kappa shape index (κ1) is 25.2. The highest BCUT2D eigenvalue weighted by molar-refractivity contribution is 6.06. The number of para-hydroxylation sites is 2. The Hall–Kier alpha value is -4.86. The second kappa shape index (κ2) is 11.3. The smallest absolute Gasteiger partial charge is 0.330 e. The van der Waals surface area contributed by atoms with Gasteiger partial charge in [0, 0.05) is 36.5 Å². The number of benzene rings is 2. The van der Waals surface area contributed by atoms with E-state index >= 15 is 0 Å². The zero-order valence-corrected chi connectivity index (χ0v) is 20.7. The molecule has 0 spiro atoms. The Balaban J connectivity index is 1.69. The molecule has 37 heavy (non-hydrogen) atoms. The van der Waals surface area contributed by atoms with Crippen molar-refractivity contribution in [3.8, 4) is 11.5 Å². The molecule has 2 aromatic carbocycles. The average molecular weight is 501 g/mol. The highest BCUT2D eigenvalue weighted by Gasteiger charge is 2.33. The van der Waals surface area contributed by atoms with Crippen molar-refractivity contribution >= 4 is 40.8 Å². The number of amides is 3. The van der Waals surface area contributed by atoms with Crippen LogP contribution < -0.4 is 29.9 Å². The number of anilines is 5. The number of carbonyl (C=O) groups is 2. The number of fused-ring (bicyclic) bond motifs is 1. The monoisotopic (exact) mass is 500 g/mol. The van der Waals surface area contributed by atoms with Gasteiger partial charge in [0.05, 0.1) is 37.8 Å². The summed E-state index contributed by atoms with van der Waals surface area (Å²) in [7, 11) is 3.12. The molecule has 190 valence electrons. The van der Waals surface area contributed by atoms with E-state index in [1.165, 1.54) is 6.08 Å². The molecule has 0 fully saturated rings. The van der Waals surface area contributed by atoms with Gasteiger partial charge in [-0.25, -0.2) is 9.78 Å². The molecular weight excluding hydrogens is 472 g/mol. The van der Waals surface area contributed by atoms with Gasteiger partial charge < -0.3 is 20.1 Å². The fourth-order valence-electron chi connectivity index (χ4n) is 3.85. The average Bonchev–Trinajstić information content (AvgIpc) is 2.93. The van der Waals surface area contributed by atoms with Crippen molar-refractivity contribution in [1.29, 1.82) is 0 Å². The van der Waals surface area contributed by atoms with E-state index in [4.69, 9.17) is 9.47 Å². The van der Waals surface area contributed by atoms with Gasteiger partial charge in [-0.2, -0.15) is 4.98 Å². The molecule has 0 saturated carbocycles. The molecule has 3 aromatic rings. The Morgan fingerprint density at radius 1 is 1.11 bits per heavy atom. The number of hydrogen-bond donors (Lipinski definition) is 2. The summed E-state index contributed by atoms with van der Waals surface area (Å²) in [6.07, 6.45) is 5.20. The van der Waals surface area contributed by atoms with Gasteiger partial charge in [0.2, 0.25) is 11.9 Å². The summed E-state index contributed by atoms with van der Waals surface area (Å²) in [5.41, 5.74) is 2.54. The minimum absolute atomic E-state index is 0.243. The van der Waals surface area contributed by atoms with E-state index in [1.54, 1.807) is 72.7 Å². The molecule has 0 unspecified atom stereocenters. The van der Waals surface area contributed by atoms with Gasteiger partial charge in [0.25, 0.3) is 0 Å². The molecule has 0 atom stereocenters. The molecule has 1 aliphatic heterocycles. The Bertz CT molecular complexity index is 1320. The molecule has 0 radical (unpaired) electrons. The number of methoxy groups -OCH3 is 2. The Kier molecular flexibility index (Phi) is 7.68. The van der Waals surface area contributed by atoms with E-state index in [0.717, 1.165) is 5.56 Å².